The van der Waals surface area contributed by atoms with Crippen molar-refractivity contribution in [3.8, 4) is 0 Å². The predicted octanol–water partition coefficient (Wildman–Crippen LogP) is 6.65. The third-order valence-electron chi connectivity index (χ3n) is 5.79. The summed E-state index contributed by atoms with van der Waals surface area (Å²) in [6.07, 6.45) is 17.6. The largest absolute Gasteiger partial charge is 0.466 e. The van der Waals surface area contributed by atoms with Crippen molar-refractivity contribution >= 4 is 11.8 Å². The predicted molar refractivity (Wildman–Crippen MR) is 113 cm³/mol. The molecule has 0 spiro atoms. The number of Topliss-reactive ketones (excluding diaryl/α,β-unsaturated/α-hetero) is 1. The van der Waals surface area contributed by atoms with Gasteiger partial charge >= 0.3 is 5.97 Å². The van der Waals surface area contributed by atoms with Crippen LogP contribution in [0.1, 0.15) is 105 Å². The number of ketones is 1. The zero-order valence-electron chi connectivity index (χ0n) is 18.2. The van der Waals surface area contributed by atoms with Crippen LogP contribution in [0.5, 0.6) is 0 Å². The van der Waals surface area contributed by atoms with E-state index in [0.29, 0.717) is 24.7 Å². The number of hydrogen-bond donors (Lipinski definition) is 0. The lowest BCUT2D eigenvalue weighted by atomic mass is 9.85. The first-order valence-corrected chi connectivity index (χ1v) is 11.3. The minimum absolute atomic E-state index is 0.142. The highest BCUT2D eigenvalue weighted by Crippen LogP contribution is 2.36. The van der Waals surface area contributed by atoms with E-state index in [1.807, 2.05) is 6.92 Å². The van der Waals surface area contributed by atoms with Gasteiger partial charge in [0, 0.05) is 12.3 Å². The summed E-state index contributed by atoms with van der Waals surface area (Å²) in [6.45, 7) is 8.63. The molecular weight excluding hydrogens is 336 g/mol. The van der Waals surface area contributed by atoms with Crippen molar-refractivity contribution in [3.05, 3.63) is 12.2 Å². The highest BCUT2D eigenvalue weighted by molar-refractivity contribution is 5.83. The van der Waals surface area contributed by atoms with Crippen molar-refractivity contribution in [3.63, 3.8) is 0 Å². The molecule has 0 aromatic heterocycles. The smallest absolute Gasteiger partial charge is 0.306 e. The van der Waals surface area contributed by atoms with Gasteiger partial charge < -0.3 is 4.74 Å². The molecule has 1 fully saturated rings. The minimum atomic E-state index is -0.191. The molecule has 0 radical (unpaired) electrons. The summed E-state index contributed by atoms with van der Waals surface area (Å²) in [4.78, 5) is 24.0. The Hall–Kier alpha value is -1.12. The molecule has 1 aliphatic carbocycles. The second kappa shape index (κ2) is 13.1. The summed E-state index contributed by atoms with van der Waals surface area (Å²) >= 11 is 0. The normalized spacial score (nSPS) is 20.5. The molecule has 0 aliphatic heterocycles. The molecule has 3 heteroatoms. The maximum atomic E-state index is 12.3. The molecule has 0 aromatic carbocycles. The summed E-state index contributed by atoms with van der Waals surface area (Å²) in [7, 11) is 0. The Bertz CT molecular complexity index is 464. The monoisotopic (exact) mass is 378 g/mol. The van der Waals surface area contributed by atoms with Crippen molar-refractivity contribution in [2.24, 2.45) is 17.3 Å². The van der Waals surface area contributed by atoms with Gasteiger partial charge in [0.25, 0.3) is 0 Å². The van der Waals surface area contributed by atoms with Crippen LogP contribution in [0.25, 0.3) is 0 Å². The molecule has 1 aliphatic rings. The van der Waals surface area contributed by atoms with Crippen molar-refractivity contribution in [1.82, 2.24) is 0 Å². The molecule has 156 valence electrons. The summed E-state index contributed by atoms with van der Waals surface area (Å²) in [5.41, 5.74) is -0.191. The van der Waals surface area contributed by atoms with Crippen molar-refractivity contribution < 1.29 is 14.3 Å². The quantitative estimate of drug-likeness (QED) is 0.193. The second-order valence-corrected chi connectivity index (χ2v) is 8.88. The van der Waals surface area contributed by atoms with E-state index in [-0.39, 0.29) is 17.3 Å². The van der Waals surface area contributed by atoms with Gasteiger partial charge in [0.15, 0.2) is 0 Å². The topological polar surface area (TPSA) is 43.4 Å². The zero-order chi connectivity index (χ0) is 20.1. The molecule has 3 nitrogen and oxygen atoms in total. The minimum Gasteiger partial charge on any atom is -0.466 e. The molecule has 0 N–H and O–H groups in total. The SMILES string of the molecule is CCCCCCCC[C@H]1CCC(=O)[C@@H]1CCC=CC(C)(C)CC(=O)OCC. The molecule has 27 heavy (non-hydrogen) atoms. The molecule has 1 saturated carbocycles. The lowest BCUT2D eigenvalue weighted by molar-refractivity contribution is -0.144. The van der Waals surface area contributed by atoms with Crippen LogP contribution in [-0.2, 0) is 14.3 Å². The number of carbonyl (C=O) groups is 2. The first-order chi connectivity index (χ1) is 12.9. The first-order valence-electron chi connectivity index (χ1n) is 11.3. The molecule has 0 aromatic rings. The van der Waals surface area contributed by atoms with E-state index in [2.05, 4.69) is 32.9 Å². The van der Waals surface area contributed by atoms with Gasteiger partial charge in [-0.2, -0.15) is 0 Å². The maximum absolute atomic E-state index is 12.3. The number of rotatable bonds is 14. The average Bonchev–Trinajstić information content (AvgIpc) is 2.94. The molecule has 0 heterocycles. The molecule has 0 bridgehead atoms. The fourth-order valence-electron chi connectivity index (χ4n) is 4.23. The molecule has 0 saturated heterocycles. The summed E-state index contributed by atoms with van der Waals surface area (Å²) in [6, 6.07) is 0. The van der Waals surface area contributed by atoms with Gasteiger partial charge in [0.2, 0.25) is 0 Å². The second-order valence-electron chi connectivity index (χ2n) is 8.88. The van der Waals surface area contributed by atoms with Crippen molar-refractivity contribution in [1.29, 1.82) is 0 Å². The van der Waals surface area contributed by atoms with E-state index in [1.54, 1.807) is 0 Å². The fourth-order valence-corrected chi connectivity index (χ4v) is 4.23. The number of unbranched alkanes of at least 4 members (excludes halogenated alkanes) is 5. The van der Waals surface area contributed by atoms with Crippen LogP contribution in [0.4, 0.5) is 0 Å². The van der Waals surface area contributed by atoms with E-state index in [4.69, 9.17) is 4.74 Å². The highest BCUT2D eigenvalue weighted by Gasteiger charge is 2.33. The van der Waals surface area contributed by atoms with Crippen LogP contribution in [0.2, 0.25) is 0 Å². The Kier molecular flexibility index (Phi) is 11.6. The average molecular weight is 379 g/mol. The van der Waals surface area contributed by atoms with Crippen LogP contribution in [0.3, 0.4) is 0 Å². The maximum Gasteiger partial charge on any atom is 0.306 e. The van der Waals surface area contributed by atoms with Crippen molar-refractivity contribution in [2.75, 3.05) is 6.61 Å². The Balaban J connectivity index is 2.33. The highest BCUT2D eigenvalue weighted by atomic mass is 16.5. The van der Waals surface area contributed by atoms with Crippen LogP contribution >= 0.6 is 0 Å². The summed E-state index contributed by atoms with van der Waals surface area (Å²) in [5.74, 6) is 1.20. The summed E-state index contributed by atoms with van der Waals surface area (Å²) < 4.78 is 5.04. The Morgan fingerprint density at radius 1 is 1.11 bits per heavy atom. The van der Waals surface area contributed by atoms with Crippen LogP contribution in [-0.4, -0.2) is 18.4 Å². The third kappa shape index (κ3) is 10.1. The van der Waals surface area contributed by atoms with Gasteiger partial charge in [-0.05, 0) is 43.9 Å². The molecule has 2 atom stereocenters. The van der Waals surface area contributed by atoms with Gasteiger partial charge in [0.05, 0.1) is 13.0 Å². The number of ether oxygens (including phenoxy) is 1. The van der Waals surface area contributed by atoms with Gasteiger partial charge in [-0.25, -0.2) is 0 Å². The number of allylic oxidation sites excluding steroid dienone is 2. The Morgan fingerprint density at radius 2 is 1.81 bits per heavy atom. The van der Waals surface area contributed by atoms with Gasteiger partial charge in [-0.1, -0.05) is 71.4 Å². The van der Waals surface area contributed by atoms with Gasteiger partial charge in [0.1, 0.15) is 5.78 Å². The van der Waals surface area contributed by atoms with E-state index < -0.39 is 0 Å². The fraction of sp³-hybridized carbons (Fsp3) is 0.833. The number of esters is 1. The van der Waals surface area contributed by atoms with Gasteiger partial charge in [-0.15, -0.1) is 0 Å². The van der Waals surface area contributed by atoms with E-state index in [1.165, 1.54) is 44.9 Å². The number of hydrogen-bond acceptors (Lipinski definition) is 3. The van der Waals surface area contributed by atoms with E-state index in [9.17, 15) is 9.59 Å². The van der Waals surface area contributed by atoms with Crippen LogP contribution in [0, 0.1) is 17.3 Å². The third-order valence-corrected chi connectivity index (χ3v) is 5.79. The zero-order valence-corrected chi connectivity index (χ0v) is 18.2. The lowest BCUT2D eigenvalue weighted by Gasteiger charge is -2.20. The van der Waals surface area contributed by atoms with Gasteiger partial charge in [-0.3, -0.25) is 9.59 Å². The van der Waals surface area contributed by atoms with Crippen LogP contribution < -0.4 is 0 Å². The number of carbonyl (C=O) groups excluding carboxylic acids is 2. The van der Waals surface area contributed by atoms with Crippen molar-refractivity contribution in [2.45, 2.75) is 105 Å². The van der Waals surface area contributed by atoms with Crippen LogP contribution in [0.15, 0.2) is 12.2 Å². The Labute approximate surface area is 167 Å². The molecule has 0 unspecified atom stereocenters. The molecule has 0 amide bonds. The molecular formula is C24H42O3. The van der Waals surface area contributed by atoms with E-state index >= 15 is 0 Å². The standard InChI is InChI=1S/C24H42O3/c1-5-7-8-9-10-11-14-20-16-17-22(25)21(20)15-12-13-18-24(3,4)19-23(26)27-6-2/h13,18,20-21H,5-12,14-17,19H2,1-4H3/t20-,21+/m0/s1. The summed E-state index contributed by atoms with van der Waals surface area (Å²) in [5, 5.41) is 0. The first kappa shape index (κ1) is 23.9. The van der Waals surface area contributed by atoms with E-state index in [0.717, 1.165) is 25.7 Å². The molecule has 1 rings (SSSR count). The Morgan fingerprint density at radius 3 is 2.52 bits per heavy atom. The lowest BCUT2D eigenvalue weighted by Crippen LogP contribution is -2.17.